The summed E-state index contributed by atoms with van der Waals surface area (Å²) in [5, 5.41) is 14.6. The largest absolute Gasteiger partial charge is 0.361 e. The Hall–Kier alpha value is -3.00. The minimum atomic E-state index is -0.189. The van der Waals surface area contributed by atoms with Crippen molar-refractivity contribution in [2.24, 2.45) is 7.05 Å². The zero-order valence-corrected chi connectivity index (χ0v) is 16.3. The molecule has 0 bridgehead atoms. The van der Waals surface area contributed by atoms with E-state index in [9.17, 15) is 4.79 Å². The number of hydrogen-bond donors (Lipinski definition) is 1. The molecule has 146 valence electrons. The third-order valence-electron chi connectivity index (χ3n) is 5.20. The predicted molar refractivity (Wildman–Crippen MR) is 104 cm³/mol. The summed E-state index contributed by atoms with van der Waals surface area (Å²) in [5.74, 6) is 1.15. The predicted octanol–water partition coefficient (Wildman–Crippen LogP) is 3.01. The zero-order chi connectivity index (χ0) is 19.7. The summed E-state index contributed by atoms with van der Waals surface area (Å²) in [6, 6.07) is 8.03. The Morgan fingerprint density at radius 1 is 1.36 bits per heavy atom. The van der Waals surface area contributed by atoms with Crippen LogP contribution in [0.15, 0.2) is 35.0 Å². The molecule has 3 aromatic rings. The number of carbonyl (C=O) groups excluding carboxylic acids is 1. The molecule has 1 unspecified atom stereocenters. The van der Waals surface area contributed by atoms with E-state index in [1.54, 1.807) is 17.9 Å². The van der Waals surface area contributed by atoms with Crippen LogP contribution >= 0.6 is 0 Å². The molecule has 1 atom stereocenters. The highest BCUT2D eigenvalue weighted by molar-refractivity contribution is 6.03. The molecule has 0 aliphatic carbocycles. The lowest BCUT2D eigenvalue weighted by molar-refractivity contribution is 0.102. The third-order valence-corrected chi connectivity index (χ3v) is 5.20. The van der Waals surface area contributed by atoms with Crippen LogP contribution in [0, 0.1) is 13.8 Å². The van der Waals surface area contributed by atoms with E-state index in [4.69, 9.17) is 4.52 Å². The fourth-order valence-corrected chi connectivity index (χ4v) is 3.95. The first-order valence-corrected chi connectivity index (χ1v) is 9.44. The third kappa shape index (κ3) is 3.68. The van der Waals surface area contributed by atoms with Crippen molar-refractivity contribution < 1.29 is 9.32 Å². The van der Waals surface area contributed by atoms with Gasteiger partial charge in [-0.15, -0.1) is 5.10 Å². The summed E-state index contributed by atoms with van der Waals surface area (Å²) in [4.78, 5) is 15.0. The molecular formula is C20H24N6O2. The van der Waals surface area contributed by atoms with Crippen molar-refractivity contribution in [2.45, 2.75) is 39.3 Å². The summed E-state index contributed by atoms with van der Waals surface area (Å²) in [6.07, 6.45) is 3.90. The lowest BCUT2D eigenvalue weighted by atomic mass is 10.0. The number of benzene rings is 1. The maximum absolute atomic E-state index is 12.5. The van der Waals surface area contributed by atoms with Crippen LogP contribution in [0.3, 0.4) is 0 Å². The lowest BCUT2D eigenvalue weighted by Crippen LogP contribution is -2.23. The maximum atomic E-state index is 12.5. The molecular weight excluding hydrogens is 356 g/mol. The summed E-state index contributed by atoms with van der Waals surface area (Å²) in [5.41, 5.74) is 3.88. The Morgan fingerprint density at radius 3 is 2.93 bits per heavy atom. The van der Waals surface area contributed by atoms with Crippen LogP contribution in [0.25, 0.3) is 0 Å². The normalized spacial score (nSPS) is 17.2. The summed E-state index contributed by atoms with van der Waals surface area (Å²) < 4.78 is 6.92. The second kappa shape index (κ2) is 7.55. The van der Waals surface area contributed by atoms with Crippen molar-refractivity contribution in [3.8, 4) is 0 Å². The van der Waals surface area contributed by atoms with Gasteiger partial charge in [-0.3, -0.25) is 14.4 Å². The molecule has 1 N–H and O–H groups in total. The number of likely N-dealkylation sites (tertiary alicyclic amines) is 1. The standard InChI is InChI=1S/C20H24N6O2/c1-13-19(14(2)28-23-13)17-8-5-9-26(17)11-15-6-4-7-16(10-15)20(27)21-18-12-25(3)24-22-18/h4,6-7,10,12,17H,5,8-9,11H2,1-3H3,(H,21,27). The van der Waals surface area contributed by atoms with Crippen molar-refractivity contribution in [2.75, 3.05) is 11.9 Å². The van der Waals surface area contributed by atoms with Gasteiger partial charge in [0.25, 0.3) is 5.91 Å². The number of nitrogens with zero attached hydrogens (tertiary/aromatic N) is 5. The van der Waals surface area contributed by atoms with Gasteiger partial charge in [0.15, 0.2) is 5.82 Å². The minimum absolute atomic E-state index is 0.189. The molecule has 0 radical (unpaired) electrons. The molecule has 0 saturated carbocycles. The number of rotatable bonds is 5. The van der Waals surface area contributed by atoms with Gasteiger partial charge in [-0.2, -0.15) is 0 Å². The molecule has 0 spiro atoms. The molecule has 2 aromatic heterocycles. The zero-order valence-electron chi connectivity index (χ0n) is 16.3. The van der Waals surface area contributed by atoms with Crippen LogP contribution in [-0.4, -0.2) is 37.5 Å². The Labute approximate surface area is 163 Å². The van der Waals surface area contributed by atoms with Crippen LogP contribution in [-0.2, 0) is 13.6 Å². The first-order chi connectivity index (χ1) is 13.5. The van der Waals surface area contributed by atoms with Gasteiger partial charge in [-0.05, 0) is 50.9 Å². The number of hydrogen-bond acceptors (Lipinski definition) is 6. The van der Waals surface area contributed by atoms with Crippen LogP contribution in [0.2, 0.25) is 0 Å². The average Bonchev–Trinajstić information content (AvgIpc) is 3.37. The van der Waals surface area contributed by atoms with E-state index in [2.05, 4.69) is 31.8 Å². The van der Waals surface area contributed by atoms with Crippen molar-refractivity contribution in [3.63, 3.8) is 0 Å². The number of aryl methyl sites for hydroxylation is 3. The number of nitrogens with one attached hydrogen (secondary N) is 1. The fraction of sp³-hybridized carbons (Fsp3) is 0.400. The van der Waals surface area contributed by atoms with Gasteiger partial charge in [-0.1, -0.05) is 22.5 Å². The Balaban J connectivity index is 1.49. The summed E-state index contributed by atoms with van der Waals surface area (Å²) in [6.45, 7) is 5.77. The Bertz CT molecular complexity index is 973. The minimum Gasteiger partial charge on any atom is -0.361 e. The molecule has 8 nitrogen and oxygen atoms in total. The lowest BCUT2D eigenvalue weighted by Gasteiger charge is -2.24. The van der Waals surface area contributed by atoms with Crippen molar-refractivity contribution in [1.29, 1.82) is 0 Å². The molecule has 1 aromatic carbocycles. The fourth-order valence-electron chi connectivity index (χ4n) is 3.95. The highest BCUT2D eigenvalue weighted by atomic mass is 16.5. The van der Waals surface area contributed by atoms with Crippen LogP contribution < -0.4 is 5.32 Å². The van der Waals surface area contributed by atoms with E-state index in [1.807, 2.05) is 32.0 Å². The van der Waals surface area contributed by atoms with E-state index >= 15 is 0 Å². The number of anilines is 1. The van der Waals surface area contributed by atoms with E-state index in [1.165, 1.54) is 5.56 Å². The van der Waals surface area contributed by atoms with Gasteiger partial charge < -0.3 is 9.84 Å². The molecule has 4 rings (SSSR count). The Morgan fingerprint density at radius 2 is 2.21 bits per heavy atom. The quantitative estimate of drug-likeness (QED) is 0.732. The van der Waals surface area contributed by atoms with E-state index in [0.29, 0.717) is 17.4 Å². The van der Waals surface area contributed by atoms with Crippen LogP contribution in [0.1, 0.15) is 51.8 Å². The topological polar surface area (TPSA) is 89.1 Å². The van der Waals surface area contributed by atoms with Crippen LogP contribution in [0.5, 0.6) is 0 Å². The highest BCUT2D eigenvalue weighted by Gasteiger charge is 2.30. The first kappa shape index (κ1) is 18.4. The van der Waals surface area contributed by atoms with Gasteiger partial charge in [-0.25, -0.2) is 0 Å². The molecule has 1 amide bonds. The van der Waals surface area contributed by atoms with Crippen molar-refractivity contribution >= 4 is 11.7 Å². The van der Waals surface area contributed by atoms with E-state index in [-0.39, 0.29) is 5.91 Å². The first-order valence-electron chi connectivity index (χ1n) is 9.44. The molecule has 28 heavy (non-hydrogen) atoms. The summed E-state index contributed by atoms with van der Waals surface area (Å²) >= 11 is 0. The van der Waals surface area contributed by atoms with Gasteiger partial charge in [0.2, 0.25) is 0 Å². The van der Waals surface area contributed by atoms with Gasteiger partial charge >= 0.3 is 0 Å². The Kier molecular flexibility index (Phi) is 4.95. The molecule has 1 saturated heterocycles. The molecule has 1 aliphatic heterocycles. The smallest absolute Gasteiger partial charge is 0.256 e. The number of amides is 1. The molecule has 1 fully saturated rings. The van der Waals surface area contributed by atoms with Gasteiger partial charge in [0.1, 0.15) is 5.76 Å². The second-order valence-corrected chi connectivity index (χ2v) is 7.30. The van der Waals surface area contributed by atoms with E-state index in [0.717, 1.165) is 42.9 Å². The maximum Gasteiger partial charge on any atom is 0.256 e. The van der Waals surface area contributed by atoms with Crippen LogP contribution in [0.4, 0.5) is 5.82 Å². The number of aromatic nitrogens is 4. The van der Waals surface area contributed by atoms with Gasteiger partial charge in [0, 0.05) is 30.8 Å². The van der Waals surface area contributed by atoms with E-state index < -0.39 is 0 Å². The molecule has 3 heterocycles. The SMILES string of the molecule is Cc1noc(C)c1C1CCCN1Cc1cccc(C(=O)Nc2cn(C)nn2)c1. The van der Waals surface area contributed by atoms with Crippen molar-refractivity contribution in [3.05, 3.63) is 58.6 Å². The number of carbonyl (C=O) groups is 1. The second-order valence-electron chi connectivity index (χ2n) is 7.30. The highest BCUT2D eigenvalue weighted by Crippen LogP contribution is 2.36. The van der Waals surface area contributed by atoms with Crippen molar-refractivity contribution in [1.82, 2.24) is 25.1 Å². The molecule has 1 aliphatic rings. The average molecular weight is 380 g/mol. The van der Waals surface area contributed by atoms with Gasteiger partial charge in [0.05, 0.1) is 11.9 Å². The monoisotopic (exact) mass is 380 g/mol. The summed E-state index contributed by atoms with van der Waals surface area (Å²) in [7, 11) is 1.76. The molecule has 8 heteroatoms.